The quantitative estimate of drug-likeness (QED) is 0.610. The number of amides is 1. The van der Waals surface area contributed by atoms with Gasteiger partial charge in [-0.1, -0.05) is 72.8 Å². The van der Waals surface area contributed by atoms with Crippen LogP contribution >= 0.6 is 0 Å². The highest BCUT2D eigenvalue weighted by molar-refractivity contribution is 6.04. The van der Waals surface area contributed by atoms with Gasteiger partial charge in [-0.2, -0.15) is 0 Å². The van der Waals surface area contributed by atoms with Crippen molar-refractivity contribution in [1.29, 1.82) is 0 Å². The first kappa shape index (κ1) is 20.4. The van der Waals surface area contributed by atoms with E-state index < -0.39 is 23.9 Å². The van der Waals surface area contributed by atoms with Crippen LogP contribution in [-0.2, 0) is 21.8 Å². The van der Waals surface area contributed by atoms with E-state index in [1.165, 1.54) is 0 Å². The van der Waals surface area contributed by atoms with Gasteiger partial charge in [-0.15, -0.1) is 0 Å². The van der Waals surface area contributed by atoms with Crippen LogP contribution in [0.25, 0.3) is 0 Å². The van der Waals surface area contributed by atoms with Gasteiger partial charge in [-0.3, -0.25) is 14.9 Å². The molecule has 2 aliphatic rings. The number of aromatic hydroxyl groups is 1. The summed E-state index contributed by atoms with van der Waals surface area (Å²) in [6.07, 6.45) is -0.428. The van der Waals surface area contributed by atoms with E-state index in [1.54, 1.807) is 53.4 Å². The molecule has 2 fully saturated rings. The summed E-state index contributed by atoms with van der Waals surface area (Å²) in [6, 6.07) is 23.7. The zero-order valence-electron chi connectivity index (χ0n) is 17.6. The molecule has 0 radical (unpaired) electrons. The molecule has 2 N–H and O–H groups in total. The summed E-state index contributed by atoms with van der Waals surface area (Å²) in [5.74, 6) is -0.253. The third-order valence-corrected chi connectivity index (χ3v) is 6.26. The standard InChI is InChI=1S/C26H24N2O4/c1-17-22-25(31)28(16-18-8-4-2-5-9-18)24(23(30)19-10-6-3-7-11-19)26(27-22,32-17)20-12-14-21(29)15-13-20/h2-15,17,22,24,27,29H,16H2,1H3. The monoisotopic (exact) mass is 428 g/mol. The molecule has 6 nitrogen and oxygen atoms in total. The van der Waals surface area contributed by atoms with E-state index in [0.717, 1.165) is 5.56 Å². The van der Waals surface area contributed by atoms with Crippen molar-refractivity contribution in [2.45, 2.75) is 37.4 Å². The van der Waals surface area contributed by atoms with Crippen molar-refractivity contribution in [1.82, 2.24) is 10.2 Å². The number of carbonyl (C=O) groups is 2. The summed E-state index contributed by atoms with van der Waals surface area (Å²) in [4.78, 5) is 29.1. The summed E-state index contributed by atoms with van der Waals surface area (Å²) >= 11 is 0. The molecule has 162 valence electrons. The molecule has 4 unspecified atom stereocenters. The lowest BCUT2D eigenvalue weighted by Crippen LogP contribution is -2.69. The largest absolute Gasteiger partial charge is 0.508 e. The molecule has 3 aromatic carbocycles. The Hall–Kier alpha value is -3.48. The van der Waals surface area contributed by atoms with Crippen LogP contribution in [0.2, 0.25) is 0 Å². The lowest BCUT2D eigenvalue weighted by Gasteiger charge is -2.46. The molecule has 0 spiro atoms. The number of ether oxygens (including phenoxy) is 1. The Bertz CT molecular complexity index is 1130. The molecule has 6 heteroatoms. The summed E-state index contributed by atoms with van der Waals surface area (Å²) in [6.45, 7) is 2.13. The minimum absolute atomic E-state index is 0.117. The molecule has 0 aliphatic carbocycles. The number of carbonyl (C=O) groups excluding carboxylic acids is 2. The maximum Gasteiger partial charge on any atom is 0.243 e. The fourth-order valence-corrected chi connectivity index (χ4v) is 4.73. The number of ketones is 1. The number of phenolic OH excluding ortho intramolecular Hbond substituents is 1. The first-order chi connectivity index (χ1) is 15.5. The normalized spacial score (nSPS) is 26.8. The Kier molecular flexibility index (Phi) is 5.04. The van der Waals surface area contributed by atoms with Crippen molar-refractivity contribution >= 4 is 11.7 Å². The average molecular weight is 428 g/mol. The zero-order valence-corrected chi connectivity index (χ0v) is 17.6. The third kappa shape index (κ3) is 3.28. The Balaban J connectivity index is 1.67. The molecule has 2 aliphatic heterocycles. The smallest absolute Gasteiger partial charge is 0.243 e. The van der Waals surface area contributed by atoms with Crippen molar-refractivity contribution in [2.24, 2.45) is 0 Å². The Labute approximate surface area is 186 Å². The summed E-state index contributed by atoms with van der Waals surface area (Å²) in [7, 11) is 0. The van der Waals surface area contributed by atoms with E-state index in [0.29, 0.717) is 11.1 Å². The second-order valence-electron chi connectivity index (χ2n) is 8.31. The lowest BCUT2D eigenvalue weighted by atomic mass is 9.85. The number of Topliss-reactive ketones (excluding diaryl/α,β-unsaturated/α-hetero) is 1. The number of nitrogens with zero attached hydrogens (tertiary/aromatic N) is 1. The molecule has 2 heterocycles. The molecule has 0 saturated carbocycles. The van der Waals surface area contributed by atoms with Gasteiger partial charge >= 0.3 is 0 Å². The van der Waals surface area contributed by atoms with Crippen LogP contribution in [-0.4, -0.2) is 39.9 Å². The van der Waals surface area contributed by atoms with E-state index >= 15 is 0 Å². The van der Waals surface area contributed by atoms with Crippen LogP contribution in [0.15, 0.2) is 84.9 Å². The van der Waals surface area contributed by atoms with Crippen LogP contribution in [0.3, 0.4) is 0 Å². The SMILES string of the molecule is CC1OC2(c3ccc(O)cc3)NC1C(=O)N(Cc1ccccc1)C2C(=O)c1ccccc1. The average Bonchev–Trinajstić information content (AvgIpc) is 3.13. The van der Waals surface area contributed by atoms with Gasteiger partial charge in [-0.25, -0.2) is 0 Å². The fraction of sp³-hybridized carbons (Fsp3) is 0.231. The van der Waals surface area contributed by atoms with Crippen LogP contribution in [0.1, 0.15) is 28.4 Å². The van der Waals surface area contributed by atoms with Gasteiger partial charge in [0.05, 0.1) is 6.10 Å². The summed E-state index contributed by atoms with van der Waals surface area (Å²) in [5, 5.41) is 13.2. The topological polar surface area (TPSA) is 78.9 Å². The highest BCUT2D eigenvalue weighted by Crippen LogP contribution is 2.43. The first-order valence-corrected chi connectivity index (χ1v) is 10.7. The highest BCUT2D eigenvalue weighted by Gasteiger charge is 2.62. The van der Waals surface area contributed by atoms with Crippen LogP contribution < -0.4 is 5.32 Å². The predicted molar refractivity (Wildman–Crippen MR) is 119 cm³/mol. The van der Waals surface area contributed by atoms with E-state index in [4.69, 9.17) is 4.74 Å². The van der Waals surface area contributed by atoms with Crippen molar-refractivity contribution in [2.75, 3.05) is 0 Å². The number of rotatable bonds is 5. The number of piperazine rings is 1. The molecule has 5 rings (SSSR count). The van der Waals surface area contributed by atoms with E-state index in [9.17, 15) is 14.7 Å². The number of hydrogen-bond donors (Lipinski definition) is 2. The van der Waals surface area contributed by atoms with Crippen LogP contribution in [0.4, 0.5) is 0 Å². The molecule has 0 aromatic heterocycles. The lowest BCUT2D eigenvalue weighted by molar-refractivity contribution is -0.146. The predicted octanol–water partition coefficient (Wildman–Crippen LogP) is 3.22. The summed E-state index contributed by atoms with van der Waals surface area (Å²) in [5.41, 5.74) is 0.892. The number of fused-ring (bicyclic) bond motifs is 2. The van der Waals surface area contributed by atoms with Gasteiger partial charge in [0, 0.05) is 17.7 Å². The van der Waals surface area contributed by atoms with E-state index in [1.807, 2.05) is 43.3 Å². The van der Waals surface area contributed by atoms with Crippen molar-refractivity contribution in [3.05, 3.63) is 102 Å². The van der Waals surface area contributed by atoms with Gasteiger partial charge < -0.3 is 14.7 Å². The van der Waals surface area contributed by atoms with Crippen molar-refractivity contribution < 1.29 is 19.4 Å². The Morgan fingerprint density at radius 2 is 1.62 bits per heavy atom. The molecular weight excluding hydrogens is 404 g/mol. The fourth-order valence-electron chi connectivity index (χ4n) is 4.73. The summed E-state index contributed by atoms with van der Waals surface area (Å²) < 4.78 is 6.42. The third-order valence-electron chi connectivity index (χ3n) is 6.26. The number of phenols is 1. The first-order valence-electron chi connectivity index (χ1n) is 10.7. The minimum Gasteiger partial charge on any atom is -0.508 e. The van der Waals surface area contributed by atoms with Crippen LogP contribution in [0, 0.1) is 0 Å². The molecule has 2 bridgehead atoms. The Morgan fingerprint density at radius 3 is 2.28 bits per heavy atom. The molecule has 1 amide bonds. The van der Waals surface area contributed by atoms with E-state index in [2.05, 4.69) is 5.32 Å². The van der Waals surface area contributed by atoms with Gasteiger partial charge in [0.2, 0.25) is 5.91 Å². The maximum atomic E-state index is 13.9. The van der Waals surface area contributed by atoms with Gasteiger partial charge in [0.25, 0.3) is 0 Å². The highest BCUT2D eigenvalue weighted by atomic mass is 16.5. The molecule has 32 heavy (non-hydrogen) atoms. The van der Waals surface area contributed by atoms with Crippen molar-refractivity contribution in [3.63, 3.8) is 0 Å². The van der Waals surface area contributed by atoms with Gasteiger partial charge in [-0.05, 0) is 24.6 Å². The van der Waals surface area contributed by atoms with Crippen LogP contribution in [0.5, 0.6) is 5.75 Å². The number of nitrogens with one attached hydrogen (secondary N) is 1. The second kappa shape index (κ2) is 7.89. The second-order valence-corrected chi connectivity index (χ2v) is 8.31. The van der Waals surface area contributed by atoms with Gasteiger partial charge in [0.1, 0.15) is 17.8 Å². The number of benzene rings is 3. The molecular formula is C26H24N2O4. The Morgan fingerprint density at radius 1 is 1.00 bits per heavy atom. The van der Waals surface area contributed by atoms with Gasteiger partial charge in [0.15, 0.2) is 11.5 Å². The van der Waals surface area contributed by atoms with Crippen molar-refractivity contribution in [3.8, 4) is 5.75 Å². The van der Waals surface area contributed by atoms with E-state index in [-0.39, 0.29) is 24.0 Å². The minimum atomic E-state index is -1.23. The number of hydrogen-bond acceptors (Lipinski definition) is 5. The molecule has 3 aromatic rings. The zero-order chi connectivity index (χ0) is 22.3. The molecule has 2 saturated heterocycles. The maximum absolute atomic E-state index is 13.9. The molecule has 4 atom stereocenters.